The van der Waals surface area contributed by atoms with E-state index in [2.05, 4.69) is 19.8 Å². The number of aromatic nitrogens is 4. The zero-order valence-electron chi connectivity index (χ0n) is 15.1. The molecule has 0 bridgehead atoms. The Kier molecular flexibility index (Phi) is 6.14. The first-order valence-corrected chi connectivity index (χ1v) is 8.48. The van der Waals surface area contributed by atoms with E-state index < -0.39 is 18.2 Å². The number of hydrogen-bond donors (Lipinski definition) is 1. The summed E-state index contributed by atoms with van der Waals surface area (Å²) < 4.78 is 81.9. The number of rotatable bonds is 3. The Morgan fingerprint density at radius 2 is 1.68 bits per heavy atom. The molecule has 0 unspecified atom stereocenters. The molecule has 0 aliphatic rings. The molecule has 2 aromatic heterocycles. The number of benzene rings is 2. The number of nitrogens with one attached hydrogen (secondary N) is 1. The van der Waals surface area contributed by atoms with Gasteiger partial charge in [0.1, 0.15) is 11.4 Å². The van der Waals surface area contributed by atoms with Crippen LogP contribution in [-0.4, -0.2) is 55.7 Å². The fraction of sp³-hybridized carbons (Fsp3) is 0.158. The predicted octanol–water partition coefficient (Wildman–Crippen LogP) is 4.90. The first-order valence-electron chi connectivity index (χ1n) is 8.48. The van der Waals surface area contributed by atoms with Crippen LogP contribution in [0.3, 0.4) is 0 Å². The summed E-state index contributed by atoms with van der Waals surface area (Å²) in [6, 6.07) is 11.2. The molecule has 0 amide bonds. The van der Waals surface area contributed by atoms with Gasteiger partial charge in [-0.3, -0.25) is 4.68 Å². The molecule has 158 valence electrons. The summed E-state index contributed by atoms with van der Waals surface area (Å²) >= 11 is 0. The van der Waals surface area contributed by atoms with Gasteiger partial charge in [0.05, 0.1) is 11.0 Å². The average Bonchev–Trinajstić information content (AvgIpc) is 3.23. The van der Waals surface area contributed by atoms with Crippen LogP contribution in [0.15, 0.2) is 48.5 Å². The summed E-state index contributed by atoms with van der Waals surface area (Å²) in [6.45, 7) is 0. The number of halogens is 6. The first kappa shape index (κ1) is 23.2. The van der Waals surface area contributed by atoms with Gasteiger partial charge in [0, 0.05) is 12.6 Å². The summed E-state index contributed by atoms with van der Waals surface area (Å²) in [7, 11) is 1.36. The molecular weight excluding hydrogens is 437 g/mol. The Hall–Kier alpha value is -2.50. The fourth-order valence-electron chi connectivity index (χ4n) is 3.04. The third-order valence-electron chi connectivity index (χ3n) is 4.32. The van der Waals surface area contributed by atoms with Crippen LogP contribution >= 0.6 is 0 Å². The number of aryl methyl sites for hydroxylation is 1. The molecule has 0 atom stereocenters. The molecule has 2 heterocycles. The minimum absolute atomic E-state index is 0. The van der Waals surface area contributed by atoms with E-state index in [0.717, 1.165) is 10.7 Å². The molecule has 1 N–H and O–H groups in total. The number of hydrogen-bond acceptors (Lipinski definition) is 3. The molecule has 4 rings (SSSR count). The third-order valence-corrected chi connectivity index (χ3v) is 4.32. The van der Waals surface area contributed by atoms with Gasteiger partial charge in [-0.05, 0) is 29.8 Å². The molecule has 0 aliphatic heterocycles. The van der Waals surface area contributed by atoms with E-state index >= 15 is 0 Å². The van der Waals surface area contributed by atoms with Crippen LogP contribution in [0.2, 0.25) is 0 Å². The van der Waals surface area contributed by atoms with E-state index in [-0.39, 0.29) is 52.4 Å². The van der Waals surface area contributed by atoms with Gasteiger partial charge in [0.2, 0.25) is 0 Å². The van der Waals surface area contributed by atoms with Crippen molar-refractivity contribution in [3.05, 3.63) is 54.2 Å². The molecule has 0 saturated heterocycles. The number of H-pyrrole nitrogens is 1. The molecule has 4 aromatic rings. The molecule has 0 spiro atoms. The Bertz CT molecular complexity index is 1230. The van der Waals surface area contributed by atoms with E-state index in [1.54, 1.807) is 18.2 Å². The Morgan fingerprint density at radius 1 is 0.968 bits per heavy atom. The molecule has 0 aliphatic carbocycles. The van der Waals surface area contributed by atoms with E-state index in [1.807, 2.05) is 0 Å². The average molecular weight is 450 g/mol. The van der Waals surface area contributed by atoms with Gasteiger partial charge in [-0.2, -0.15) is 18.3 Å². The first-order chi connectivity index (χ1) is 14.0. The molecule has 0 saturated carbocycles. The number of nitrogens with zero attached hydrogens (tertiary/aromatic N) is 3. The van der Waals surface area contributed by atoms with Gasteiger partial charge >= 0.3 is 42.1 Å². The predicted molar refractivity (Wildman–Crippen MR) is 103 cm³/mol. The van der Waals surface area contributed by atoms with Gasteiger partial charge in [0.15, 0.2) is 11.5 Å². The summed E-state index contributed by atoms with van der Waals surface area (Å²) in [4.78, 5) is 7.18. The maximum atomic E-state index is 12.9. The van der Waals surface area contributed by atoms with Crippen molar-refractivity contribution < 1.29 is 31.1 Å². The Balaban J connectivity index is 0.00000272. The second kappa shape index (κ2) is 8.21. The summed E-state index contributed by atoms with van der Waals surface area (Å²) in [5.41, 5.74) is 0.514. The van der Waals surface area contributed by atoms with Gasteiger partial charge in [-0.1, -0.05) is 24.3 Å². The summed E-state index contributed by atoms with van der Waals surface area (Å²) in [6.07, 6.45) is -9.45. The van der Waals surface area contributed by atoms with E-state index in [9.17, 15) is 26.3 Å². The third kappa shape index (κ3) is 4.89. The van der Waals surface area contributed by atoms with E-state index in [4.69, 9.17) is 0 Å². The van der Waals surface area contributed by atoms with Crippen LogP contribution < -0.4 is 4.74 Å². The zero-order chi connectivity index (χ0) is 21.7. The van der Waals surface area contributed by atoms with Gasteiger partial charge < -0.3 is 9.72 Å². The molecule has 0 fully saturated rings. The van der Waals surface area contributed by atoms with Crippen molar-refractivity contribution in [2.24, 2.45) is 7.05 Å². The molecule has 5 nitrogen and oxygen atoms in total. The Labute approximate surface area is 193 Å². The molecule has 2 aromatic carbocycles. The standard InChI is InChI=1S/C19H12F6N4O.Na.H/c1-29-14(9-16(28-29)18(20,21)22)17-26-12-7-6-10(8-13(12)27-17)11-4-2-3-5-15(11)30-19(23,24)25;;/h2-9H,1H3,(H,26,27);;. The minimum atomic E-state index is -4.85. The van der Waals surface area contributed by atoms with Crippen LogP contribution in [0.4, 0.5) is 26.3 Å². The number of para-hydroxylation sites is 1. The number of ether oxygens (including phenoxy) is 1. The van der Waals surface area contributed by atoms with Crippen molar-refractivity contribution in [1.29, 1.82) is 0 Å². The number of fused-ring (bicyclic) bond motifs is 1. The van der Waals surface area contributed by atoms with Crippen LogP contribution in [-0.2, 0) is 13.2 Å². The van der Waals surface area contributed by atoms with Crippen LogP contribution in [0.1, 0.15) is 5.69 Å². The zero-order valence-corrected chi connectivity index (χ0v) is 15.1. The van der Waals surface area contributed by atoms with Crippen molar-refractivity contribution in [2.45, 2.75) is 12.5 Å². The van der Waals surface area contributed by atoms with Crippen molar-refractivity contribution >= 4 is 40.6 Å². The van der Waals surface area contributed by atoms with E-state index in [1.165, 1.54) is 31.3 Å². The topological polar surface area (TPSA) is 55.7 Å². The van der Waals surface area contributed by atoms with Crippen LogP contribution in [0.25, 0.3) is 33.7 Å². The molecule has 0 radical (unpaired) electrons. The fourth-order valence-corrected chi connectivity index (χ4v) is 3.04. The van der Waals surface area contributed by atoms with Gasteiger partial charge in [-0.15, -0.1) is 13.2 Å². The molecule has 31 heavy (non-hydrogen) atoms. The van der Waals surface area contributed by atoms with Crippen LogP contribution in [0.5, 0.6) is 5.75 Å². The second-order valence-corrected chi connectivity index (χ2v) is 6.40. The number of aromatic amines is 1. The maximum absolute atomic E-state index is 12.9. The van der Waals surface area contributed by atoms with Gasteiger partial charge in [0.25, 0.3) is 0 Å². The van der Waals surface area contributed by atoms with Crippen molar-refractivity contribution in [1.82, 2.24) is 19.7 Å². The van der Waals surface area contributed by atoms with E-state index in [0.29, 0.717) is 16.6 Å². The monoisotopic (exact) mass is 450 g/mol. The molecular formula is C19H13F6N4NaO. The van der Waals surface area contributed by atoms with Crippen molar-refractivity contribution in [2.75, 3.05) is 0 Å². The van der Waals surface area contributed by atoms with Crippen molar-refractivity contribution in [3.63, 3.8) is 0 Å². The van der Waals surface area contributed by atoms with Gasteiger partial charge in [-0.25, -0.2) is 4.98 Å². The normalized spacial score (nSPS) is 12.1. The van der Waals surface area contributed by atoms with Crippen molar-refractivity contribution in [3.8, 4) is 28.4 Å². The SMILES string of the molecule is Cn1nc(C(F)(F)F)cc1-c1nc2cc(-c3ccccc3OC(F)(F)F)ccc2[nH]1.[NaH]. The molecule has 12 heteroatoms. The quantitative estimate of drug-likeness (QED) is 0.357. The summed E-state index contributed by atoms with van der Waals surface area (Å²) in [5, 5.41) is 3.45. The second-order valence-electron chi connectivity index (χ2n) is 6.40. The number of alkyl halides is 6. The Morgan fingerprint density at radius 3 is 2.32 bits per heavy atom. The van der Waals surface area contributed by atoms with Crippen LogP contribution in [0, 0.1) is 0 Å². The summed E-state index contributed by atoms with van der Waals surface area (Å²) in [5.74, 6) is -0.228. The number of imidazole rings is 1.